The topological polar surface area (TPSA) is 87.8 Å². The number of aromatic nitrogens is 2. The number of anilines is 1. The van der Waals surface area contributed by atoms with Gasteiger partial charge in [0.2, 0.25) is 0 Å². The molecule has 0 bridgehead atoms. The maximum absolute atomic E-state index is 13.1. The summed E-state index contributed by atoms with van der Waals surface area (Å²) < 4.78 is 2.29. The number of carbonyl (C=O) groups is 1. The van der Waals surface area contributed by atoms with Gasteiger partial charge in [0.15, 0.2) is 0 Å². The summed E-state index contributed by atoms with van der Waals surface area (Å²) >= 11 is 3.41. The standard InChI is InChI=1S/C26H21BrN4O2/c1-16(10-11-28)18-4-3-5-19(12-18)25(32)30-21-8-6-17(2)24(14-21)31-15-29-23-9-7-20(27)13-22(23)26(31)33/h3-9,12-16H,10H2,1-2H3,(H,30,32). The molecular weight excluding hydrogens is 480 g/mol. The van der Waals surface area contributed by atoms with Gasteiger partial charge in [-0.3, -0.25) is 14.2 Å². The molecule has 3 aromatic carbocycles. The van der Waals surface area contributed by atoms with Crippen molar-refractivity contribution in [2.75, 3.05) is 5.32 Å². The number of hydrogen-bond donors (Lipinski definition) is 1. The van der Waals surface area contributed by atoms with Crippen molar-refractivity contribution in [3.8, 4) is 11.8 Å². The van der Waals surface area contributed by atoms with Gasteiger partial charge in [0.1, 0.15) is 6.33 Å². The maximum atomic E-state index is 13.1. The number of rotatable bonds is 5. The average molecular weight is 501 g/mol. The summed E-state index contributed by atoms with van der Waals surface area (Å²) in [6.07, 6.45) is 1.89. The largest absolute Gasteiger partial charge is 0.322 e. The van der Waals surface area contributed by atoms with Gasteiger partial charge in [0, 0.05) is 22.1 Å². The van der Waals surface area contributed by atoms with E-state index in [1.807, 2.05) is 44.2 Å². The first-order valence-corrected chi connectivity index (χ1v) is 11.2. The molecule has 1 unspecified atom stereocenters. The van der Waals surface area contributed by atoms with E-state index >= 15 is 0 Å². The minimum atomic E-state index is -0.260. The summed E-state index contributed by atoms with van der Waals surface area (Å²) in [7, 11) is 0. The molecule has 1 amide bonds. The highest BCUT2D eigenvalue weighted by molar-refractivity contribution is 9.10. The third kappa shape index (κ3) is 4.71. The van der Waals surface area contributed by atoms with Gasteiger partial charge in [-0.1, -0.05) is 41.1 Å². The van der Waals surface area contributed by atoms with Gasteiger partial charge in [0.05, 0.1) is 22.7 Å². The van der Waals surface area contributed by atoms with Gasteiger partial charge in [-0.25, -0.2) is 4.98 Å². The fraction of sp³-hybridized carbons (Fsp3) is 0.154. The molecule has 1 heterocycles. The van der Waals surface area contributed by atoms with Gasteiger partial charge in [-0.2, -0.15) is 5.26 Å². The molecule has 1 aromatic heterocycles. The Morgan fingerprint density at radius 3 is 2.79 bits per heavy atom. The van der Waals surface area contributed by atoms with Crippen LogP contribution < -0.4 is 10.9 Å². The molecule has 0 aliphatic carbocycles. The van der Waals surface area contributed by atoms with Gasteiger partial charge >= 0.3 is 0 Å². The predicted molar refractivity (Wildman–Crippen MR) is 133 cm³/mol. The first-order valence-electron chi connectivity index (χ1n) is 10.4. The van der Waals surface area contributed by atoms with Crippen LogP contribution in [0.1, 0.15) is 40.7 Å². The van der Waals surface area contributed by atoms with Crippen molar-refractivity contribution in [1.82, 2.24) is 9.55 Å². The molecule has 7 heteroatoms. The normalized spacial score (nSPS) is 11.7. The van der Waals surface area contributed by atoms with Crippen molar-refractivity contribution in [1.29, 1.82) is 5.26 Å². The van der Waals surface area contributed by atoms with Crippen molar-refractivity contribution in [2.45, 2.75) is 26.2 Å². The monoisotopic (exact) mass is 500 g/mol. The van der Waals surface area contributed by atoms with E-state index in [1.54, 1.807) is 30.3 Å². The molecule has 0 aliphatic rings. The van der Waals surface area contributed by atoms with E-state index in [9.17, 15) is 9.59 Å². The summed E-state index contributed by atoms with van der Waals surface area (Å²) in [5.74, 6) is -0.218. The lowest BCUT2D eigenvalue weighted by molar-refractivity contribution is 0.102. The number of nitrogens with one attached hydrogen (secondary N) is 1. The molecule has 0 saturated carbocycles. The van der Waals surface area contributed by atoms with Crippen LogP contribution in [0.25, 0.3) is 16.6 Å². The first kappa shape index (κ1) is 22.4. The second-order valence-electron chi connectivity index (χ2n) is 7.93. The van der Waals surface area contributed by atoms with Crippen LogP contribution in [0.15, 0.2) is 76.3 Å². The first-order chi connectivity index (χ1) is 15.9. The zero-order chi connectivity index (χ0) is 23.5. The van der Waals surface area contributed by atoms with Crippen LogP contribution in [0.4, 0.5) is 5.69 Å². The molecule has 0 radical (unpaired) electrons. The van der Waals surface area contributed by atoms with Gasteiger partial charge in [-0.15, -0.1) is 0 Å². The van der Waals surface area contributed by atoms with Crippen LogP contribution in [0.5, 0.6) is 0 Å². The predicted octanol–water partition coefficient (Wildman–Crippen LogP) is 5.73. The lowest BCUT2D eigenvalue weighted by Crippen LogP contribution is -2.20. The lowest BCUT2D eigenvalue weighted by Gasteiger charge is -2.13. The number of carbonyl (C=O) groups excluding carboxylic acids is 1. The van der Waals surface area contributed by atoms with Crippen molar-refractivity contribution >= 4 is 38.4 Å². The van der Waals surface area contributed by atoms with Gasteiger partial charge in [0.25, 0.3) is 11.5 Å². The molecule has 4 aromatic rings. The summed E-state index contributed by atoms with van der Waals surface area (Å²) in [4.78, 5) is 30.4. The Hall–Kier alpha value is -3.76. The third-order valence-corrected chi connectivity index (χ3v) is 6.06. The highest BCUT2D eigenvalue weighted by atomic mass is 79.9. The second kappa shape index (κ2) is 9.39. The smallest absolute Gasteiger partial charge is 0.265 e. The van der Waals surface area contributed by atoms with E-state index < -0.39 is 0 Å². The van der Waals surface area contributed by atoms with Crippen molar-refractivity contribution in [3.63, 3.8) is 0 Å². The Morgan fingerprint density at radius 1 is 1.18 bits per heavy atom. The molecule has 0 spiro atoms. The summed E-state index contributed by atoms with van der Waals surface area (Å²) in [6.45, 7) is 3.86. The van der Waals surface area contributed by atoms with E-state index in [1.165, 1.54) is 10.9 Å². The molecule has 4 rings (SSSR count). The van der Waals surface area contributed by atoms with Crippen molar-refractivity contribution in [2.24, 2.45) is 0 Å². The number of hydrogen-bond acceptors (Lipinski definition) is 4. The Kier molecular flexibility index (Phi) is 6.38. The fourth-order valence-electron chi connectivity index (χ4n) is 3.66. The van der Waals surface area contributed by atoms with Crippen LogP contribution in [0, 0.1) is 18.3 Å². The van der Waals surface area contributed by atoms with Crippen LogP contribution >= 0.6 is 15.9 Å². The van der Waals surface area contributed by atoms with Crippen LogP contribution in [-0.4, -0.2) is 15.5 Å². The van der Waals surface area contributed by atoms with Crippen LogP contribution in [0.3, 0.4) is 0 Å². The van der Waals surface area contributed by atoms with E-state index in [2.05, 4.69) is 32.3 Å². The Balaban J connectivity index is 1.66. The van der Waals surface area contributed by atoms with Crippen LogP contribution in [-0.2, 0) is 0 Å². The summed E-state index contributed by atoms with van der Waals surface area (Å²) in [5.41, 5.74) is 3.96. The molecule has 1 N–H and O–H groups in total. The van der Waals surface area contributed by atoms with Crippen molar-refractivity contribution in [3.05, 3.63) is 98.5 Å². The number of aryl methyl sites for hydroxylation is 1. The lowest BCUT2D eigenvalue weighted by atomic mass is 9.96. The van der Waals surface area contributed by atoms with Gasteiger partial charge in [-0.05, 0) is 66.4 Å². The molecule has 0 saturated heterocycles. The minimum absolute atomic E-state index is 0.0426. The van der Waals surface area contributed by atoms with E-state index in [-0.39, 0.29) is 17.4 Å². The minimum Gasteiger partial charge on any atom is -0.322 e. The highest BCUT2D eigenvalue weighted by Gasteiger charge is 2.13. The number of nitrogens with zero attached hydrogens (tertiary/aromatic N) is 3. The summed E-state index contributed by atoms with van der Waals surface area (Å²) in [5, 5.41) is 12.4. The average Bonchev–Trinajstić information content (AvgIpc) is 2.81. The molecular formula is C26H21BrN4O2. The zero-order valence-corrected chi connectivity index (χ0v) is 19.8. The molecule has 0 aliphatic heterocycles. The zero-order valence-electron chi connectivity index (χ0n) is 18.2. The molecule has 33 heavy (non-hydrogen) atoms. The fourth-order valence-corrected chi connectivity index (χ4v) is 4.02. The van der Waals surface area contributed by atoms with Crippen LogP contribution in [0.2, 0.25) is 0 Å². The third-order valence-electron chi connectivity index (χ3n) is 5.56. The summed E-state index contributed by atoms with van der Waals surface area (Å²) in [6, 6.07) is 20.3. The molecule has 6 nitrogen and oxygen atoms in total. The number of benzene rings is 3. The second-order valence-corrected chi connectivity index (χ2v) is 8.84. The highest BCUT2D eigenvalue weighted by Crippen LogP contribution is 2.23. The van der Waals surface area contributed by atoms with Crippen molar-refractivity contribution < 1.29 is 4.79 Å². The molecule has 0 fully saturated rings. The number of halogens is 1. The quantitative estimate of drug-likeness (QED) is 0.379. The van der Waals surface area contributed by atoms with E-state index in [4.69, 9.17) is 5.26 Å². The number of fused-ring (bicyclic) bond motifs is 1. The molecule has 1 atom stereocenters. The number of nitriles is 1. The number of amides is 1. The Labute approximate surface area is 199 Å². The van der Waals surface area contributed by atoms with E-state index in [0.29, 0.717) is 34.3 Å². The van der Waals surface area contributed by atoms with E-state index in [0.717, 1.165) is 15.6 Å². The SMILES string of the molecule is Cc1ccc(NC(=O)c2cccc(C(C)CC#N)c2)cc1-n1cnc2ccc(Br)cc2c1=O. The Bertz CT molecular complexity index is 1470. The maximum Gasteiger partial charge on any atom is 0.265 e. The van der Waals surface area contributed by atoms with Gasteiger partial charge < -0.3 is 5.32 Å². The molecule has 164 valence electrons. The Morgan fingerprint density at radius 2 is 2.00 bits per heavy atom.